The van der Waals surface area contributed by atoms with Crippen LogP contribution < -0.4 is 4.74 Å². The van der Waals surface area contributed by atoms with E-state index in [1.54, 1.807) is 7.11 Å². The Hall–Kier alpha value is -0.960. The van der Waals surface area contributed by atoms with E-state index in [4.69, 9.17) is 4.74 Å². The number of rotatable bonds is 5. The summed E-state index contributed by atoms with van der Waals surface area (Å²) in [4.78, 5) is 3.56. The van der Waals surface area contributed by atoms with Gasteiger partial charge in [-0.3, -0.25) is 0 Å². The molecule has 0 spiro atoms. The summed E-state index contributed by atoms with van der Waals surface area (Å²) < 4.78 is 5.71. The maximum Gasteiger partial charge on any atom is 0.122 e. The molecule has 3 rings (SSSR count). The van der Waals surface area contributed by atoms with Crippen LogP contribution in [-0.4, -0.2) is 17.4 Å². The zero-order valence-corrected chi connectivity index (χ0v) is 15.3. The van der Waals surface area contributed by atoms with Gasteiger partial charge in [-0.05, 0) is 43.4 Å². The van der Waals surface area contributed by atoms with Crippen molar-refractivity contribution in [2.45, 2.75) is 51.9 Å². The van der Waals surface area contributed by atoms with Gasteiger partial charge in [0.25, 0.3) is 0 Å². The van der Waals surface area contributed by atoms with E-state index in [2.05, 4.69) is 40.0 Å². The van der Waals surface area contributed by atoms with E-state index in [-0.39, 0.29) is 0 Å². The van der Waals surface area contributed by atoms with E-state index in [0.29, 0.717) is 0 Å². The van der Waals surface area contributed by atoms with Gasteiger partial charge in [0, 0.05) is 27.5 Å². The number of alkyl halides is 1. The summed E-state index contributed by atoms with van der Waals surface area (Å²) in [5.41, 5.74) is 5.44. The quantitative estimate of drug-likeness (QED) is 0.692. The molecular weight excluding hydrogens is 338 g/mol. The van der Waals surface area contributed by atoms with Gasteiger partial charge in [0.1, 0.15) is 5.75 Å². The van der Waals surface area contributed by atoms with Gasteiger partial charge in [-0.1, -0.05) is 48.0 Å². The van der Waals surface area contributed by atoms with Gasteiger partial charge in [0.2, 0.25) is 0 Å². The highest BCUT2D eigenvalue weighted by atomic mass is 79.9. The second kappa shape index (κ2) is 7.08. The largest absolute Gasteiger partial charge is 0.496 e. The molecule has 0 radical (unpaired) electrons. The monoisotopic (exact) mass is 363 g/mol. The summed E-state index contributed by atoms with van der Waals surface area (Å²) in [5.74, 6) is 1.88. The Kier molecular flexibility index (Phi) is 5.12. The van der Waals surface area contributed by atoms with Gasteiger partial charge in [-0.15, -0.1) is 0 Å². The van der Waals surface area contributed by atoms with E-state index in [1.165, 1.54) is 59.8 Å². The molecule has 0 bridgehead atoms. The van der Waals surface area contributed by atoms with Crippen molar-refractivity contribution < 1.29 is 4.74 Å². The van der Waals surface area contributed by atoms with Gasteiger partial charge in [-0.25, -0.2) is 0 Å². The molecular formula is C19H26BrNO. The highest BCUT2D eigenvalue weighted by Crippen LogP contribution is 2.37. The van der Waals surface area contributed by atoms with E-state index >= 15 is 0 Å². The number of halogens is 1. The number of benzene rings is 1. The third-order valence-corrected chi connectivity index (χ3v) is 5.52. The van der Waals surface area contributed by atoms with Crippen LogP contribution in [0.15, 0.2) is 12.1 Å². The first-order chi connectivity index (χ1) is 10.7. The van der Waals surface area contributed by atoms with E-state index in [9.17, 15) is 0 Å². The second-order valence-corrected chi connectivity index (χ2v) is 7.34. The van der Waals surface area contributed by atoms with Crippen LogP contribution in [0.1, 0.15) is 48.9 Å². The van der Waals surface area contributed by atoms with Crippen LogP contribution in [0.4, 0.5) is 0 Å². The number of nitrogens with one attached hydrogen (secondary N) is 1. The van der Waals surface area contributed by atoms with Crippen molar-refractivity contribution in [3.05, 3.63) is 29.0 Å². The lowest BCUT2D eigenvalue weighted by atomic mass is 9.83. The number of aryl methyl sites for hydroxylation is 2. The van der Waals surface area contributed by atoms with Crippen molar-refractivity contribution in [3.8, 4) is 5.75 Å². The molecule has 3 heteroatoms. The van der Waals surface area contributed by atoms with Gasteiger partial charge in [0.15, 0.2) is 0 Å². The molecule has 1 fully saturated rings. The molecule has 1 aliphatic rings. The summed E-state index contributed by atoms with van der Waals surface area (Å²) in [5, 5.41) is 2.42. The predicted molar refractivity (Wildman–Crippen MR) is 97.4 cm³/mol. The van der Waals surface area contributed by atoms with Crippen molar-refractivity contribution in [2.24, 2.45) is 5.92 Å². The third kappa shape index (κ3) is 3.05. The van der Waals surface area contributed by atoms with Crippen LogP contribution in [-0.2, 0) is 12.8 Å². The Morgan fingerprint density at radius 1 is 1.18 bits per heavy atom. The molecule has 1 aromatic heterocycles. The Balaban J connectivity index is 2.07. The fraction of sp³-hybridized carbons (Fsp3) is 0.579. The lowest BCUT2D eigenvalue weighted by molar-refractivity contribution is 0.349. The Bertz CT molecular complexity index is 640. The summed E-state index contributed by atoms with van der Waals surface area (Å²) in [6.07, 6.45) is 9.17. The molecule has 0 saturated heterocycles. The Morgan fingerprint density at radius 3 is 2.64 bits per heavy atom. The smallest absolute Gasteiger partial charge is 0.122 e. The third-order valence-electron chi connectivity index (χ3n) is 5.13. The number of aromatic nitrogens is 1. The first-order valence-corrected chi connectivity index (χ1v) is 9.59. The molecule has 0 amide bonds. The lowest BCUT2D eigenvalue weighted by Gasteiger charge is -2.23. The van der Waals surface area contributed by atoms with E-state index < -0.39 is 0 Å². The number of H-pyrrole nitrogens is 1. The van der Waals surface area contributed by atoms with E-state index in [0.717, 1.165) is 29.8 Å². The minimum Gasteiger partial charge on any atom is -0.496 e. The van der Waals surface area contributed by atoms with Crippen LogP contribution in [0.25, 0.3) is 10.9 Å². The summed E-state index contributed by atoms with van der Waals surface area (Å²) >= 11 is 3.60. The Labute approximate surface area is 141 Å². The molecule has 120 valence electrons. The number of ether oxygens (including phenoxy) is 1. The summed E-state index contributed by atoms with van der Waals surface area (Å²) in [6.45, 7) is 2.19. The van der Waals surface area contributed by atoms with E-state index in [1.807, 2.05) is 0 Å². The number of fused-ring (bicyclic) bond motifs is 1. The summed E-state index contributed by atoms with van der Waals surface area (Å²) in [6, 6.07) is 4.30. The maximum absolute atomic E-state index is 5.71. The molecule has 0 aliphatic heterocycles. The van der Waals surface area contributed by atoms with Crippen LogP contribution in [0, 0.1) is 12.8 Å². The van der Waals surface area contributed by atoms with Gasteiger partial charge in [0.05, 0.1) is 7.11 Å². The first kappa shape index (κ1) is 15.9. The van der Waals surface area contributed by atoms with Crippen molar-refractivity contribution in [1.82, 2.24) is 4.98 Å². The Morgan fingerprint density at radius 2 is 1.95 bits per heavy atom. The molecule has 2 aromatic rings. The highest BCUT2D eigenvalue weighted by Gasteiger charge is 2.21. The molecule has 1 aromatic carbocycles. The maximum atomic E-state index is 5.71. The zero-order chi connectivity index (χ0) is 15.5. The molecule has 1 N–H and O–H groups in total. The fourth-order valence-corrected chi connectivity index (χ4v) is 4.42. The number of aromatic amines is 1. The average Bonchev–Trinajstić information content (AvgIpc) is 2.85. The summed E-state index contributed by atoms with van der Waals surface area (Å²) in [7, 11) is 1.80. The minimum atomic E-state index is 0.820. The van der Waals surface area contributed by atoms with Crippen LogP contribution in [0.5, 0.6) is 5.75 Å². The van der Waals surface area contributed by atoms with Gasteiger partial charge in [-0.2, -0.15) is 0 Å². The molecule has 0 atom stereocenters. The molecule has 2 nitrogen and oxygen atoms in total. The van der Waals surface area contributed by atoms with Crippen molar-refractivity contribution in [1.29, 1.82) is 0 Å². The van der Waals surface area contributed by atoms with Crippen molar-refractivity contribution >= 4 is 26.8 Å². The number of hydrogen-bond donors (Lipinski definition) is 1. The molecule has 22 heavy (non-hydrogen) atoms. The molecule has 0 unspecified atom stereocenters. The van der Waals surface area contributed by atoms with Gasteiger partial charge < -0.3 is 9.72 Å². The topological polar surface area (TPSA) is 25.0 Å². The number of methoxy groups -OCH3 is 1. The average molecular weight is 364 g/mol. The van der Waals surface area contributed by atoms with Crippen LogP contribution in [0.3, 0.4) is 0 Å². The van der Waals surface area contributed by atoms with Crippen LogP contribution >= 0.6 is 15.9 Å². The SMILES string of the molecule is COc1ccc2[nH]c(C)c(CCBr)c2c1CC1CCCCC1. The molecule has 1 saturated carbocycles. The number of hydrogen-bond acceptors (Lipinski definition) is 1. The minimum absolute atomic E-state index is 0.820. The van der Waals surface area contributed by atoms with Crippen molar-refractivity contribution in [2.75, 3.05) is 12.4 Å². The standard InChI is InChI=1S/C19H26BrNO/c1-13-15(10-11-20)19-16(12-14-6-4-3-5-7-14)18(22-2)9-8-17(19)21-13/h8-9,14,21H,3-7,10-12H2,1-2H3. The fourth-order valence-electron chi connectivity index (χ4n) is 4.02. The van der Waals surface area contributed by atoms with Crippen LogP contribution in [0.2, 0.25) is 0 Å². The zero-order valence-electron chi connectivity index (χ0n) is 13.7. The highest BCUT2D eigenvalue weighted by molar-refractivity contribution is 9.09. The van der Waals surface area contributed by atoms with Crippen molar-refractivity contribution in [3.63, 3.8) is 0 Å². The first-order valence-electron chi connectivity index (χ1n) is 8.47. The molecule has 1 aliphatic carbocycles. The second-order valence-electron chi connectivity index (χ2n) is 6.54. The molecule has 1 heterocycles. The normalized spacial score (nSPS) is 16.3. The lowest BCUT2D eigenvalue weighted by Crippen LogP contribution is -2.10. The van der Waals surface area contributed by atoms with Gasteiger partial charge >= 0.3 is 0 Å². The predicted octanol–water partition coefficient (Wildman–Crippen LogP) is 5.55.